The maximum absolute atomic E-state index is 4.57. The first-order valence-corrected chi connectivity index (χ1v) is 7.68. The summed E-state index contributed by atoms with van der Waals surface area (Å²) in [5.41, 5.74) is 3.29. The molecule has 114 valence electrons. The molecule has 0 aliphatic rings. The molecule has 0 aliphatic heterocycles. The quantitative estimate of drug-likeness (QED) is 0.447. The summed E-state index contributed by atoms with van der Waals surface area (Å²) in [5, 5.41) is 10.7. The first kappa shape index (κ1) is 17.9. The van der Waals surface area contributed by atoms with Gasteiger partial charge in [-0.2, -0.15) is 11.3 Å². The third-order valence-corrected chi connectivity index (χ3v) is 3.46. The summed E-state index contributed by atoms with van der Waals surface area (Å²) in [6.07, 6.45) is 0. The van der Waals surface area contributed by atoms with E-state index in [4.69, 9.17) is 0 Å². The van der Waals surface area contributed by atoms with Gasteiger partial charge in [-0.25, -0.2) is 4.99 Å². The van der Waals surface area contributed by atoms with Crippen LogP contribution in [0.25, 0.3) is 0 Å². The fourth-order valence-electron chi connectivity index (χ4n) is 1.77. The molecule has 0 aromatic carbocycles. The summed E-state index contributed by atoms with van der Waals surface area (Å²) < 4.78 is 0. The van der Waals surface area contributed by atoms with Crippen LogP contribution in [0.4, 0.5) is 0 Å². The first-order valence-electron chi connectivity index (χ1n) is 6.73. The lowest BCUT2D eigenvalue weighted by Crippen LogP contribution is -2.37. The smallest absolute Gasteiger partial charge is 0.191 e. The van der Waals surface area contributed by atoms with Crippen LogP contribution in [0, 0.1) is 6.92 Å². The van der Waals surface area contributed by atoms with E-state index in [0.717, 1.165) is 23.9 Å². The van der Waals surface area contributed by atoms with Gasteiger partial charge >= 0.3 is 0 Å². The maximum atomic E-state index is 4.57. The molecular formula is C15H21IN4S. The third-order valence-electron chi connectivity index (χ3n) is 2.73. The minimum atomic E-state index is 0. The van der Waals surface area contributed by atoms with Crippen LogP contribution in [-0.4, -0.2) is 17.5 Å². The number of guanidine groups is 1. The molecule has 2 aromatic heterocycles. The summed E-state index contributed by atoms with van der Waals surface area (Å²) >= 11 is 1.70. The molecular weight excluding hydrogens is 395 g/mol. The lowest BCUT2D eigenvalue weighted by Gasteiger charge is -2.11. The molecule has 0 spiro atoms. The molecule has 21 heavy (non-hydrogen) atoms. The van der Waals surface area contributed by atoms with Crippen LogP contribution in [0.2, 0.25) is 0 Å². The topological polar surface area (TPSA) is 49.3 Å². The summed E-state index contributed by atoms with van der Waals surface area (Å²) in [6.45, 7) is 6.28. The number of halogens is 1. The van der Waals surface area contributed by atoms with Crippen LogP contribution < -0.4 is 10.6 Å². The van der Waals surface area contributed by atoms with E-state index >= 15 is 0 Å². The van der Waals surface area contributed by atoms with E-state index < -0.39 is 0 Å². The van der Waals surface area contributed by atoms with Gasteiger partial charge in [0.05, 0.1) is 18.8 Å². The second kappa shape index (κ2) is 9.73. The lowest BCUT2D eigenvalue weighted by atomic mass is 10.3. The molecule has 2 N–H and O–H groups in total. The van der Waals surface area contributed by atoms with Crippen molar-refractivity contribution in [3.8, 4) is 0 Å². The summed E-state index contributed by atoms with van der Waals surface area (Å²) in [4.78, 5) is 9.04. The zero-order chi connectivity index (χ0) is 14.2. The summed E-state index contributed by atoms with van der Waals surface area (Å²) in [7, 11) is 0. The molecule has 2 heterocycles. The van der Waals surface area contributed by atoms with Crippen molar-refractivity contribution in [3.05, 3.63) is 52.0 Å². The first-order chi connectivity index (χ1) is 9.78. The molecule has 0 atom stereocenters. The van der Waals surface area contributed by atoms with Crippen molar-refractivity contribution in [2.24, 2.45) is 4.99 Å². The largest absolute Gasteiger partial charge is 0.357 e. The lowest BCUT2D eigenvalue weighted by molar-refractivity contribution is 0.797. The highest BCUT2D eigenvalue weighted by Crippen LogP contribution is 2.06. The van der Waals surface area contributed by atoms with E-state index in [-0.39, 0.29) is 24.0 Å². The zero-order valence-electron chi connectivity index (χ0n) is 12.3. The molecule has 6 heteroatoms. The predicted molar refractivity (Wildman–Crippen MR) is 100 cm³/mol. The van der Waals surface area contributed by atoms with Gasteiger partial charge in [-0.15, -0.1) is 24.0 Å². The Morgan fingerprint density at radius 1 is 1.29 bits per heavy atom. The number of pyridine rings is 1. The number of nitrogens with one attached hydrogen (secondary N) is 2. The Balaban J connectivity index is 0.00000220. The van der Waals surface area contributed by atoms with Gasteiger partial charge in [0.2, 0.25) is 0 Å². The maximum Gasteiger partial charge on any atom is 0.191 e. The van der Waals surface area contributed by atoms with Gasteiger partial charge in [-0.1, -0.05) is 6.07 Å². The number of rotatable bonds is 5. The van der Waals surface area contributed by atoms with Crippen molar-refractivity contribution in [1.82, 2.24) is 15.6 Å². The van der Waals surface area contributed by atoms with Crippen molar-refractivity contribution in [3.63, 3.8) is 0 Å². The van der Waals surface area contributed by atoms with Crippen molar-refractivity contribution in [2.75, 3.05) is 6.54 Å². The second-order valence-corrected chi connectivity index (χ2v) is 5.23. The molecule has 0 radical (unpaired) electrons. The molecule has 0 saturated heterocycles. The molecule has 0 saturated carbocycles. The van der Waals surface area contributed by atoms with Gasteiger partial charge < -0.3 is 10.6 Å². The molecule has 0 bridgehead atoms. The fourth-order valence-corrected chi connectivity index (χ4v) is 2.43. The number of aliphatic imine (C=N–C) groups is 1. The van der Waals surface area contributed by atoms with E-state index in [1.54, 1.807) is 11.3 Å². The minimum absolute atomic E-state index is 0. The monoisotopic (exact) mass is 416 g/mol. The van der Waals surface area contributed by atoms with Gasteiger partial charge in [-0.3, -0.25) is 4.98 Å². The Morgan fingerprint density at radius 2 is 2.14 bits per heavy atom. The fraction of sp³-hybridized carbons (Fsp3) is 0.333. The molecule has 2 aromatic rings. The second-order valence-electron chi connectivity index (χ2n) is 4.45. The Hall–Kier alpha value is -1.15. The predicted octanol–water partition coefficient (Wildman–Crippen LogP) is 3.32. The van der Waals surface area contributed by atoms with Gasteiger partial charge in [-0.05, 0) is 48.4 Å². The average molecular weight is 416 g/mol. The standard InChI is InChI=1S/C15H20N4S.HI/c1-3-16-15(17-9-13-7-8-20-11-13)18-10-14-6-4-5-12(2)19-14;/h4-8,11H,3,9-10H2,1-2H3,(H2,16,17,18);1H. The number of thiophene rings is 1. The van der Waals surface area contributed by atoms with Gasteiger partial charge in [0.1, 0.15) is 0 Å². The summed E-state index contributed by atoms with van der Waals surface area (Å²) in [6, 6.07) is 8.14. The normalized spacial score (nSPS) is 10.9. The minimum Gasteiger partial charge on any atom is -0.357 e. The van der Waals surface area contributed by atoms with Crippen molar-refractivity contribution >= 4 is 41.3 Å². The Bertz CT molecular complexity index is 555. The Labute approximate surface area is 147 Å². The van der Waals surface area contributed by atoms with Crippen LogP contribution in [0.1, 0.15) is 23.9 Å². The van der Waals surface area contributed by atoms with Gasteiger partial charge in [0, 0.05) is 12.2 Å². The van der Waals surface area contributed by atoms with E-state index in [0.29, 0.717) is 13.1 Å². The van der Waals surface area contributed by atoms with E-state index in [1.165, 1.54) is 5.56 Å². The number of hydrogen-bond donors (Lipinski definition) is 2. The number of nitrogens with zero attached hydrogens (tertiary/aromatic N) is 2. The van der Waals surface area contributed by atoms with Crippen LogP contribution in [0.5, 0.6) is 0 Å². The van der Waals surface area contributed by atoms with Crippen molar-refractivity contribution < 1.29 is 0 Å². The van der Waals surface area contributed by atoms with Crippen LogP contribution in [0.3, 0.4) is 0 Å². The van der Waals surface area contributed by atoms with E-state index in [1.807, 2.05) is 25.1 Å². The van der Waals surface area contributed by atoms with Crippen molar-refractivity contribution in [2.45, 2.75) is 26.9 Å². The molecule has 0 unspecified atom stereocenters. The number of aromatic nitrogens is 1. The molecule has 0 amide bonds. The van der Waals surface area contributed by atoms with E-state index in [2.05, 4.69) is 44.4 Å². The highest BCUT2D eigenvalue weighted by Gasteiger charge is 2.00. The number of aryl methyl sites for hydroxylation is 1. The zero-order valence-corrected chi connectivity index (χ0v) is 15.4. The van der Waals surface area contributed by atoms with Gasteiger partial charge in [0.15, 0.2) is 5.96 Å². The molecule has 4 nitrogen and oxygen atoms in total. The Kier molecular flexibility index (Phi) is 8.29. The highest BCUT2D eigenvalue weighted by molar-refractivity contribution is 14.0. The molecule has 0 fully saturated rings. The van der Waals surface area contributed by atoms with Gasteiger partial charge in [0.25, 0.3) is 0 Å². The molecule has 2 rings (SSSR count). The van der Waals surface area contributed by atoms with Crippen LogP contribution in [-0.2, 0) is 13.1 Å². The van der Waals surface area contributed by atoms with Crippen molar-refractivity contribution in [1.29, 1.82) is 0 Å². The van der Waals surface area contributed by atoms with Crippen LogP contribution >= 0.6 is 35.3 Å². The van der Waals surface area contributed by atoms with Crippen LogP contribution in [0.15, 0.2) is 40.0 Å². The Morgan fingerprint density at radius 3 is 2.81 bits per heavy atom. The third kappa shape index (κ3) is 6.43. The highest BCUT2D eigenvalue weighted by atomic mass is 127. The van der Waals surface area contributed by atoms with E-state index in [9.17, 15) is 0 Å². The average Bonchev–Trinajstić information content (AvgIpc) is 2.95. The molecule has 0 aliphatic carbocycles. The SMILES string of the molecule is CCNC(=NCc1ccsc1)NCc1cccc(C)n1.I. The number of hydrogen-bond acceptors (Lipinski definition) is 3. The summed E-state index contributed by atoms with van der Waals surface area (Å²) in [5.74, 6) is 0.821.